The number of carbonyl (C=O) groups excluding carboxylic acids is 1. The maximum atomic E-state index is 13.3. The number of ether oxygens (including phenoxy) is 1. The zero-order valence-corrected chi connectivity index (χ0v) is 20.1. The first-order valence-electron chi connectivity index (χ1n) is 11.5. The number of amides is 1. The summed E-state index contributed by atoms with van der Waals surface area (Å²) < 4.78 is 34.0. The molecule has 3 aromatic carbocycles. The summed E-state index contributed by atoms with van der Waals surface area (Å²) in [5.74, 6) is -0.547. The second kappa shape index (κ2) is 10.0. The summed E-state index contributed by atoms with van der Waals surface area (Å²) in [5.41, 5.74) is 0.947. The Bertz CT molecular complexity index is 1580. The number of aromatic nitrogens is 2. The number of fused-ring (bicyclic) bond motifs is 1. The minimum atomic E-state index is -3.73. The molecule has 0 aliphatic carbocycles. The van der Waals surface area contributed by atoms with E-state index in [0.717, 1.165) is 5.56 Å². The molecule has 0 atom stereocenters. The minimum Gasteiger partial charge on any atom is -0.379 e. The molecule has 10 heteroatoms. The van der Waals surface area contributed by atoms with E-state index in [1.54, 1.807) is 36.4 Å². The van der Waals surface area contributed by atoms with Gasteiger partial charge in [0.15, 0.2) is 5.69 Å². The third-order valence-electron chi connectivity index (χ3n) is 5.96. The monoisotopic (exact) mass is 504 g/mol. The first-order chi connectivity index (χ1) is 17.4. The second-order valence-electron chi connectivity index (χ2n) is 8.34. The van der Waals surface area contributed by atoms with Crippen LogP contribution < -0.4 is 10.9 Å². The Balaban J connectivity index is 1.48. The van der Waals surface area contributed by atoms with E-state index in [0.29, 0.717) is 29.7 Å². The molecular formula is C26H24N4O5S. The molecule has 9 nitrogen and oxygen atoms in total. The van der Waals surface area contributed by atoms with Crippen molar-refractivity contribution in [2.45, 2.75) is 11.4 Å². The van der Waals surface area contributed by atoms with E-state index in [9.17, 15) is 18.0 Å². The number of carbonyl (C=O) groups is 1. The molecule has 5 rings (SSSR count). The molecule has 0 spiro atoms. The van der Waals surface area contributed by atoms with Gasteiger partial charge >= 0.3 is 0 Å². The molecule has 1 aliphatic rings. The molecule has 1 aliphatic heterocycles. The molecule has 1 saturated heterocycles. The average Bonchev–Trinajstić information content (AvgIpc) is 2.91. The largest absolute Gasteiger partial charge is 0.379 e. The van der Waals surface area contributed by atoms with Gasteiger partial charge in [-0.3, -0.25) is 9.59 Å². The van der Waals surface area contributed by atoms with Crippen molar-refractivity contribution in [2.24, 2.45) is 0 Å². The standard InChI is InChI=1S/C26H24N4O5S/c31-25(27-20-9-6-10-21(17-20)36(33,34)29-13-15-35-16-14-29)24-22-11-4-5-12-23(22)26(32)30(28-24)18-19-7-2-1-3-8-19/h1-12,17H,13-16,18H2,(H,27,31). The Morgan fingerprint density at radius 2 is 1.61 bits per heavy atom. The van der Waals surface area contributed by atoms with Crippen molar-refractivity contribution in [3.63, 3.8) is 0 Å². The van der Waals surface area contributed by atoms with Gasteiger partial charge in [0.25, 0.3) is 11.5 Å². The van der Waals surface area contributed by atoms with Gasteiger partial charge in [-0.15, -0.1) is 0 Å². The lowest BCUT2D eigenvalue weighted by atomic mass is 10.1. The van der Waals surface area contributed by atoms with Crippen LogP contribution in [0.5, 0.6) is 0 Å². The van der Waals surface area contributed by atoms with Gasteiger partial charge in [-0.2, -0.15) is 9.40 Å². The quantitative estimate of drug-likeness (QED) is 0.432. The summed E-state index contributed by atoms with van der Waals surface area (Å²) in [7, 11) is -3.73. The third-order valence-corrected chi connectivity index (χ3v) is 7.85. The van der Waals surface area contributed by atoms with Gasteiger partial charge in [-0.05, 0) is 29.8 Å². The van der Waals surface area contributed by atoms with Crippen LogP contribution >= 0.6 is 0 Å². The van der Waals surface area contributed by atoms with Gasteiger partial charge in [-0.25, -0.2) is 13.1 Å². The van der Waals surface area contributed by atoms with Crippen molar-refractivity contribution >= 4 is 32.4 Å². The van der Waals surface area contributed by atoms with Crippen LogP contribution in [0.4, 0.5) is 5.69 Å². The van der Waals surface area contributed by atoms with Crippen LogP contribution in [0, 0.1) is 0 Å². The number of hydrogen-bond acceptors (Lipinski definition) is 6. The van der Waals surface area contributed by atoms with E-state index in [2.05, 4.69) is 10.4 Å². The van der Waals surface area contributed by atoms with Crippen LogP contribution in [0.2, 0.25) is 0 Å². The number of benzene rings is 3. The zero-order valence-electron chi connectivity index (χ0n) is 19.3. The fourth-order valence-electron chi connectivity index (χ4n) is 4.13. The van der Waals surface area contributed by atoms with E-state index < -0.39 is 15.9 Å². The Morgan fingerprint density at radius 3 is 2.36 bits per heavy atom. The molecule has 0 unspecified atom stereocenters. The lowest BCUT2D eigenvalue weighted by Gasteiger charge is -2.26. The van der Waals surface area contributed by atoms with Crippen LogP contribution in [0.3, 0.4) is 0 Å². The molecular weight excluding hydrogens is 480 g/mol. The Labute approximate surface area is 208 Å². The van der Waals surface area contributed by atoms with Gasteiger partial charge < -0.3 is 10.1 Å². The molecule has 1 aromatic heterocycles. The predicted octanol–water partition coefficient (Wildman–Crippen LogP) is 2.72. The predicted molar refractivity (Wildman–Crippen MR) is 136 cm³/mol. The van der Waals surface area contributed by atoms with Crippen molar-refractivity contribution < 1.29 is 17.9 Å². The number of morpholine rings is 1. The smallest absolute Gasteiger partial charge is 0.276 e. The summed E-state index contributed by atoms with van der Waals surface area (Å²) in [6.07, 6.45) is 0. The van der Waals surface area contributed by atoms with Crippen molar-refractivity contribution in [3.05, 3.63) is 100 Å². The van der Waals surface area contributed by atoms with Gasteiger partial charge in [0.2, 0.25) is 10.0 Å². The molecule has 1 N–H and O–H groups in total. The second-order valence-corrected chi connectivity index (χ2v) is 10.3. The molecule has 1 amide bonds. The van der Waals surface area contributed by atoms with E-state index in [4.69, 9.17) is 4.74 Å². The summed E-state index contributed by atoms with van der Waals surface area (Å²) in [5, 5.41) is 7.93. The normalized spacial score (nSPS) is 14.6. The van der Waals surface area contributed by atoms with Gasteiger partial charge in [-0.1, -0.05) is 54.6 Å². The maximum Gasteiger partial charge on any atom is 0.276 e. The molecule has 2 heterocycles. The van der Waals surface area contributed by atoms with Crippen LogP contribution in [-0.4, -0.2) is 54.7 Å². The van der Waals surface area contributed by atoms with Gasteiger partial charge in [0.1, 0.15) is 0 Å². The summed E-state index contributed by atoms with van der Waals surface area (Å²) in [6, 6.07) is 22.3. The van der Waals surface area contributed by atoms with Crippen LogP contribution in [-0.2, 0) is 21.3 Å². The van der Waals surface area contributed by atoms with Gasteiger partial charge in [0, 0.05) is 24.2 Å². The fourth-order valence-corrected chi connectivity index (χ4v) is 5.58. The Hall–Kier alpha value is -3.86. The molecule has 1 fully saturated rings. The number of sulfonamides is 1. The highest BCUT2D eigenvalue weighted by atomic mass is 32.2. The molecule has 0 radical (unpaired) electrons. The Kier molecular flexibility index (Phi) is 6.64. The maximum absolute atomic E-state index is 13.3. The van der Waals surface area contributed by atoms with Gasteiger partial charge in [0.05, 0.1) is 30.0 Å². The number of nitrogens with one attached hydrogen (secondary N) is 1. The minimum absolute atomic E-state index is 0.0718. The van der Waals surface area contributed by atoms with E-state index in [-0.39, 0.29) is 35.8 Å². The molecule has 4 aromatic rings. The number of hydrogen-bond donors (Lipinski definition) is 1. The average molecular weight is 505 g/mol. The molecule has 0 saturated carbocycles. The topological polar surface area (TPSA) is 111 Å². The van der Waals surface area contributed by atoms with Crippen LogP contribution in [0.15, 0.2) is 88.6 Å². The van der Waals surface area contributed by atoms with E-state index in [1.165, 1.54) is 21.1 Å². The highest BCUT2D eigenvalue weighted by Gasteiger charge is 2.26. The van der Waals surface area contributed by atoms with Crippen molar-refractivity contribution in [1.82, 2.24) is 14.1 Å². The lowest BCUT2D eigenvalue weighted by Crippen LogP contribution is -2.40. The molecule has 36 heavy (non-hydrogen) atoms. The third kappa shape index (κ3) is 4.78. The van der Waals surface area contributed by atoms with Crippen molar-refractivity contribution in [2.75, 3.05) is 31.6 Å². The van der Waals surface area contributed by atoms with Crippen LogP contribution in [0.1, 0.15) is 16.1 Å². The first kappa shape index (κ1) is 23.9. The summed E-state index contributed by atoms with van der Waals surface area (Å²) >= 11 is 0. The first-order valence-corrected chi connectivity index (χ1v) is 12.9. The summed E-state index contributed by atoms with van der Waals surface area (Å²) in [4.78, 5) is 26.5. The number of anilines is 1. The highest BCUT2D eigenvalue weighted by Crippen LogP contribution is 2.22. The zero-order chi connectivity index (χ0) is 25.1. The SMILES string of the molecule is O=C(Nc1cccc(S(=O)(=O)N2CCOCC2)c1)c1nn(Cc2ccccc2)c(=O)c2ccccc12. The fraction of sp³-hybridized carbons (Fsp3) is 0.192. The summed E-state index contributed by atoms with van der Waals surface area (Å²) in [6.45, 7) is 1.44. The number of nitrogens with zero attached hydrogens (tertiary/aromatic N) is 3. The number of rotatable bonds is 6. The molecule has 184 valence electrons. The lowest BCUT2D eigenvalue weighted by molar-refractivity contribution is 0.0730. The van der Waals surface area contributed by atoms with E-state index >= 15 is 0 Å². The Morgan fingerprint density at radius 1 is 0.917 bits per heavy atom. The van der Waals surface area contributed by atoms with Crippen molar-refractivity contribution in [1.29, 1.82) is 0 Å². The highest BCUT2D eigenvalue weighted by molar-refractivity contribution is 7.89. The van der Waals surface area contributed by atoms with Crippen molar-refractivity contribution in [3.8, 4) is 0 Å². The molecule has 0 bridgehead atoms. The van der Waals surface area contributed by atoms with Crippen LogP contribution in [0.25, 0.3) is 10.8 Å². The van der Waals surface area contributed by atoms with E-state index in [1.807, 2.05) is 30.3 Å².